The Labute approximate surface area is 117 Å². The maximum absolute atomic E-state index is 10.4. The number of aliphatic hydroxyl groups is 1. The summed E-state index contributed by atoms with van der Waals surface area (Å²) in [5.74, 6) is 0. The summed E-state index contributed by atoms with van der Waals surface area (Å²) in [7, 11) is 1.89. The molecule has 0 saturated carbocycles. The van der Waals surface area contributed by atoms with Crippen LogP contribution in [0.25, 0.3) is 0 Å². The molecule has 0 bridgehead atoms. The van der Waals surface area contributed by atoms with Gasteiger partial charge >= 0.3 is 0 Å². The number of aryl methyl sites for hydroxylation is 1. The minimum absolute atomic E-state index is 0.533. The topological polar surface area (TPSA) is 35.5 Å². The summed E-state index contributed by atoms with van der Waals surface area (Å²) in [6, 6.07) is 6.38. The van der Waals surface area contributed by atoms with E-state index in [2.05, 4.69) is 51.3 Å². The van der Waals surface area contributed by atoms with Gasteiger partial charge in [-0.05, 0) is 50.6 Å². The van der Waals surface area contributed by atoms with E-state index in [-0.39, 0.29) is 0 Å². The van der Waals surface area contributed by atoms with Crippen LogP contribution >= 0.6 is 15.9 Å². The molecule has 3 nitrogen and oxygen atoms in total. The van der Waals surface area contributed by atoms with Crippen LogP contribution in [0.2, 0.25) is 0 Å². The van der Waals surface area contributed by atoms with Gasteiger partial charge in [-0.2, -0.15) is 0 Å². The summed E-state index contributed by atoms with van der Waals surface area (Å²) in [4.78, 5) is 2.37. The summed E-state index contributed by atoms with van der Waals surface area (Å²) >= 11 is 3.49. The molecule has 1 saturated heterocycles. The third kappa shape index (κ3) is 3.05. The first-order valence-corrected chi connectivity index (χ1v) is 7.21. The largest absolute Gasteiger partial charge is 0.388 e. The number of likely N-dealkylation sites (N-methyl/N-ethyl adjacent to an activating group) is 1. The maximum atomic E-state index is 10.4. The lowest BCUT2D eigenvalue weighted by Crippen LogP contribution is -2.49. The molecule has 1 heterocycles. The zero-order chi connectivity index (χ0) is 13.2. The standard InChI is InChI=1S/C14H21BrN2O/c1-11-9-12(15)3-4-13(11)17-7-5-14(18,6-8-17)10-16-2/h3-4,9,16,18H,5-8,10H2,1-2H3. The Balaban J connectivity index is 2.05. The van der Waals surface area contributed by atoms with E-state index in [1.54, 1.807) is 0 Å². The quantitative estimate of drug-likeness (QED) is 0.899. The predicted molar refractivity (Wildman–Crippen MR) is 79.2 cm³/mol. The Morgan fingerprint density at radius 3 is 2.61 bits per heavy atom. The van der Waals surface area contributed by atoms with E-state index >= 15 is 0 Å². The molecule has 1 aliphatic rings. The van der Waals surface area contributed by atoms with Crippen LogP contribution in [0.3, 0.4) is 0 Å². The first kappa shape index (κ1) is 13.8. The molecular formula is C14H21BrN2O. The van der Waals surface area contributed by atoms with Crippen molar-refractivity contribution >= 4 is 21.6 Å². The van der Waals surface area contributed by atoms with Crippen molar-refractivity contribution in [1.29, 1.82) is 0 Å². The van der Waals surface area contributed by atoms with Gasteiger partial charge in [-0.25, -0.2) is 0 Å². The number of hydrogen-bond acceptors (Lipinski definition) is 3. The summed E-state index contributed by atoms with van der Waals surface area (Å²) in [6.07, 6.45) is 1.65. The molecule has 0 amide bonds. The van der Waals surface area contributed by atoms with Crippen LogP contribution in [-0.2, 0) is 0 Å². The molecule has 0 spiro atoms. The van der Waals surface area contributed by atoms with Gasteiger partial charge in [-0.15, -0.1) is 0 Å². The molecule has 1 fully saturated rings. The van der Waals surface area contributed by atoms with E-state index in [1.807, 2.05) is 7.05 Å². The highest BCUT2D eigenvalue weighted by Gasteiger charge is 2.31. The molecule has 4 heteroatoms. The van der Waals surface area contributed by atoms with Crippen molar-refractivity contribution in [2.45, 2.75) is 25.4 Å². The van der Waals surface area contributed by atoms with E-state index in [9.17, 15) is 5.11 Å². The van der Waals surface area contributed by atoms with Crippen LogP contribution in [0.5, 0.6) is 0 Å². The summed E-state index contributed by atoms with van der Waals surface area (Å²) < 4.78 is 1.12. The lowest BCUT2D eigenvalue weighted by atomic mass is 9.91. The van der Waals surface area contributed by atoms with Crippen LogP contribution in [0.15, 0.2) is 22.7 Å². The zero-order valence-electron chi connectivity index (χ0n) is 11.0. The van der Waals surface area contributed by atoms with E-state index in [4.69, 9.17) is 0 Å². The molecule has 0 unspecified atom stereocenters. The SMILES string of the molecule is CNCC1(O)CCN(c2ccc(Br)cc2C)CC1. The van der Waals surface area contributed by atoms with Gasteiger partial charge in [0.05, 0.1) is 5.60 Å². The van der Waals surface area contributed by atoms with E-state index in [0.29, 0.717) is 6.54 Å². The number of nitrogens with zero attached hydrogens (tertiary/aromatic N) is 1. The van der Waals surface area contributed by atoms with Crippen LogP contribution in [-0.4, -0.2) is 37.4 Å². The maximum Gasteiger partial charge on any atom is 0.0805 e. The Bertz CT molecular complexity index is 414. The first-order valence-electron chi connectivity index (χ1n) is 6.42. The lowest BCUT2D eigenvalue weighted by Gasteiger charge is -2.39. The molecule has 100 valence electrons. The molecular weight excluding hydrogens is 292 g/mol. The number of nitrogens with one attached hydrogen (secondary N) is 1. The Morgan fingerprint density at radius 1 is 1.39 bits per heavy atom. The number of anilines is 1. The third-order valence-electron chi connectivity index (χ3n) is 3.70. The van der Waals surface area contributed by atoms with Crippen LogP contribution < -0.4 is 10.2 Å². The van der Waals surface area contributed by atoms with Gasteiger partial charge in [0.25, 0.3) is 0 Å². The van der Waals surface area contributed by atoms with Gasteiger partial charge in [0, 0.05) is 29.8 Å². The number of benzene rings is 1. The average Bonchev–Trinajstić information content (AvgIpc) is 2.31. The lowest BCUT2D eigenvalue weighted by molar-refractivity contribution is 0.0185. The van der Waals surface area contributed by atoms with Crippen molar-refractivity contribution in [3.63, 3.8) is 0 Å². The van der Waals surface area contributed by atoms with Gasteiger partial charge in [0.2, 0.25) is 0 Å². The molecule has 1 aliphatic heterocycles. The zero-order valence-corrected chi connectivity index (χ0v) is 12.6. The minimum Gasteiger partial charge on any atom is -0.388 e. The Kier molecular flexibility index (Phi) is 4.30. The second kappa shape index (κ2) is 5.59. The van der Waals surface area contributed by atoms with Crippen molar-refractivity contribution in [3.05, 3.63) is 28.2 Å². The number of hydrogen-bond donors (Lipinski definition) is 2. The third-order valence-corrected chi connectivity index (χ3v) is 4.19. The van der Waals surface area contributed by atoms with E-state index in [0.717, 1.165) is 30.4 Å². The molecule has 0 aliphatic carbocycles. The molecule has 18 heavy (non-hydrogen) atoms. The van der Waals surface area contributed by atoms with Crippen LogP contribution in [0.1, 0.15) is 18.4 Å². The van der Waals surface area contributed by atoms with Crippen LogP contribution in [0.4, 0.5) is 5.69 Å². The smallest absolute Gasteiger partial charge is 0.0805 e. The second-order valence-electron chi connectivity index (χ2n) is 5.17. The normalized spacial score (nSPS) is 19.0. The number of piperidine rings is 1. The number of rotatable bonds is 3. The van der Waals surface area contributed by atoms with Gasteiger partial charge in [-0.1, -0.05) is 15.9 Å². The highest BCUT2D eigenvalue weighted by Crippen LogP contribution is 2.29. The van der Waals surface area contributed by atoms with E-state index < -0.39 is 5.60 Å². The Hall–Kier alpha value is -0.580. The second-order valence-corrected chi connectivity index (χ2v) is 6.09. The molecule has 2 rings (SSSR count). The highest BCUT2D eigenvalue weighted by atomic mass is 79.9. The van der Waals surface area contributed by atoms with Gasteiger partial charge in [0.15, 0.2) is 0 Å². The molecule has 0 aromatic heterocycles. The number of halogens is 1. The van der Waals surface area contributed by atoms with Crippen molar-refractivity contribution in [2.75, 3.05) is 31.6 Å². The minimum atomic E-state index is -0.533. The average molecular weight is 313 g/mol. The van der Waals surface area contributed by atoms with Gasteiger partial charge in [0.1, 0.15) is 0 Å². The summed E-state index contributed by atoms with van der Waals surface area (Å²) in [5.41, 5.74) is 2.03. The predicted octanol–water partition coefficient (Wildman–Crippen LogP) is 2.31. The summed E-state index contributed by atoms with van der Waals surface area (Å²) in [6.45, 7) is 4.65. The van der Waals surface area contributed by atoms with Crippen molar-refractivity contribution < 1.29 is 5.11 Å². The molecule has 2 N–H and O–H groups in total. The van der Waals surface area contributed by atoms with Crippen molar-refractivity contribution in [2.24, 2.45) is 0 Å². The molecule has 1 aromatic rings. The fourth-order valence-corrected chi connectivity index (χ4v) is 3.12. The Morgan fingerprint density at radius 2 is 2.06 bits per heavy atom. The van der Waals surface area contributed by atoms with Crippen molar-refractivity contribution in [1.82, 2.24) is 5.32 Å². The van der Waals surface area contributed by atoms with Crippen molar-refractivity contribution in [3.8, 4) is 0 Å². The van der Waals surface area contributed by atoms with Crippen LogP contribution in [0, 0.1) is 6.92 Å². The van der Waals surface area contributed by atoms with E-state index in [1.165, 1.54) is 11.3 Å². The molecule has 0 radical (unpaired) electrons. The fourth-order valence-electron chi connectivity index (χ4n) is 2.64. The first-order chi connectivity index (χ1) is 8.54. The van der Waals surface area contributed by atoms with Gasteiger partial charge in [-0.3, -0.25) is 0 Å². The molecule has 1 aromatic carbocycles. The summed E-state index contributed by atoms with van der Waals surface area (Å²) in [5, 5.41) is 13.4. The fraction of sp³-hybridized carbons (Fsp3) is 0.571. The monoisotopic (exact) mass is 312 g/mol. The molecule has 0 atom stereocenters. The van der Waals surface area contributed by atoms with Gasteiger partial charge < -0.3 is 15.3 Å². The highest BCUT2D eigenvalue weighted by molar-refractivity contribution is 9.10.